The summed E-state index contributed by atoms with van der Waals surface area (Å²) in [5.74, 6) is 3.63. The van der Waals surface area contributed by atoms with E-state index in [1.54, 1.807) is 0 Å². The van der Waals surface area contributed by atoms with Crippen LogP contribution < -0.4 is 0 Å². The molecule has 0 radical (unpaired) electrons. The molecule has 2 rings (SSSR count). The predicted octanol–water partition coefficient (Wildman–Crippen LogP) is 5.62. The second-order valence-electron chi connectivity index (χ2n) is 7.82. The second kappa shape index (κ2) is 11.3. The molecule has 0 atom stereocenters. The van der Waals surface area contributed by atoms with Crippen molar-refractivity contribution in [3.8, 4) is 0 Å². The minimum atomic E-state index is 0.713. The van der Waals surface area contributed by atoms with E-state index in [4.69, 9.17) is 9.47 Å². The van der Waals surface area contributed by atoms with Gasteiger partial charge in [0.15, 0.2) is 0 Å². The monoisotopic (exact) mass is 322 g/mol. The Kier molecular flexibility index (Phi) is 9.29. The highest BCUT2D eigenvalue weighted by atomic mass is 16.5. The van der Waals surface area contributed by atoms with Crippen LogP contribution in [-0.4, -0.2) is 26.4 Å². The molecular weight excluding hydrogens is 284 g/mol. The lowest BCUT2D eigenvalue weighted by molar-refractivity contribution is 0.0549. The first kappa shape index (κ1) is 19.0. The quantitative estimate of drug-likeness (QED) is 0.384. The van der Waals surface area contributed by atoms with E-state index in [-0.39, 0.29) is 0 Å². The molecule has 0 aromatic carbocycles. The first-order chi connectivity index (χ1) is 11.3. The highest BCUT2D eigenvalue weighted by Gasteiger charge is 2.30. The van der Waals surface area contributed by atoms with Crippen LogP contribution in [0.4, 0.5) is 0 Å². The van der Waals surface area contributed by atoms with E-state index in [1.165, 1.54) is 64.2 Å². The number of ether oxygens (including phenoxy) is 2. The molecule has 0 aliphatic heterocycles. The lowest BCUT2D eigenvalue weighted by Gasteiger charge is -2.37. The van der Waals surface area contributed by atoms with Crippen molar-refractivity contribution in [1.82, 2.24) is 0 Å². The summed E-state index contributed by atoms with van der Waals surface area (Å²) in [6.07, 6.45) is 15.6. The van der Waals surface area contributed by atoms with Gasteiger partial charge in [-0.3, -0.25) is 0 Å². The molecule has 2 saturated carbocycles. The van der Waals surface area contributed by atoms with Crippen LogP contribution in [0.1, 0.15) is 71.1 Å². The molecule has 0 spiro atoms. The number of hydrogen-bond donors (Lipinski definition) is 0. The Morgan fingerprint density at radius 3 is 1.83 bits per heavy atom. The maximum Gasteiger partial charge on any atom is 0.0644 e. The Balaban J connectivity index is 1.56. The average Bonchev–Trinajstić information content (AvgIpc) is 2.60. The van der Waals surface area contributed by atoms with E-state index in [1.807, 2.05) is 6.08 Å². The highest BCUT2D eigenvalue weighted by molar-refractivity contribution is 4.82. The minimum absolute atomic E-state index is 0.713. The fraction of sp³-hybridized carbons (Fsp3) is 0.905. The van der Waals surface area contributed by atoms with Crippen molar-refractivity contribution in [2.24, 2.45) is 23.7 Å². The van der Waals surface area contributed by atoms with E-state index in [2.05, 4.69) is 13.5 Å². The van der Waals surface area contributed by atoms with Gasteiger partial charge in [-0.25, -0.2) is 0 Å². The molecule has 23 heavy (non-hydrogen) atoms. The topological polar surface area (TPSA) is 18.5 Å². The highest BCUT2D eigenvalue weighted by Crippen LogP contribution is 2.41. The molecule has 0 saturated heterocycles. The molecule has 0 amide bonds. The van der Waals surface area contributed by atoms with Gasteiger partial charge in [0.25, 0.3) is 0 Å². The second-order valence-corrected chi connectivity index (χ2v) is 7.82. The molecule has 0 bridgehead atoms. The largest absolute Gasteiger partial charge is 0.381 e. The van der Waals surface area contributed by atoms with Crippen LogP contribution in [0.15, 0.2) is 12.7 Å². The van der Waals surface area contributed by atoms with Gasteiger partial charge < -0.3 is 9.47 Å². The first-order valence-electron chi connectivity index (χ1n) is 10.1. The summed E-state index contributed by atoms with van der Waals surface area (Å²) in [5, 5.41) is 0. The molecule has 2 nitrogen and oxygen atoms in total. The SMILES string of the molecule is C=CCOC[C@H]1CC[C@H]([C@H]2CC[C@H](COCCCC)CC2)CC1. The fourth-order valence-electron chi connectivity index (χ4n) is 4.47. The van der Waals surface area contributed by atoms with Crippen LogP contribution in [0, 0.1) is 23.7 Å². The molecule has 2 aliphatic rings. The van der Waals surface area contributed by atoms with E-state index in [0.717, 1.165) is 43.5 Å². The summed E-state index contributed by atoms with van der Waals surface area (Å²) in [5.41, 5.74) is 0. The van der Waals surface area contributed by atoms with E-state index in [9.17, 15) is 0 Å². The van der Waals surface area contributed by atoms with Crippen molar-refractivity contribution in [2.45, 2.75) is 71.1 Å². The molecule has 2 heteroatoms. The fourth-order valence-corrected chi connectivity index (χ4v) is 4.47. The summed E-state index contributed by atoms with van der Waals surface area (Å²) in [4.78, 5) is 0. The lowest BCUT2D eigenvalue weighted by Crippen LogP contribution is -2.28. The Morgan fingerprint density at radius 1 is 0.826 bits per heavy atom. The molecular formula is C21H38O2. The molecule has 0 heterocycles. The van der Waals surface area contributed by atoms with Gasteiger partial charge in [-0.2, -0.15) is 0 Å². The molecule has 2 fully saturated rings. The van der Waals surface area contributed by atoms with Gasteiger partial charge >= 0.3 is 0 Å². The van der Waals surface area contributed by atoms with Gasteiger partial charge in [-0.05, 0) is 81.5 Å². The summed E-state index contributed by atoms with van der Waals surface area (Å²) < 4.78 is 11.5. The van der Waals surface area contributed by atoms with E-state index >= 15 is 0 Å². The zero-order valence-electron chi connectivity index (χ0n) is 15.3. The van der Waals surface area contributed by atoms with Crippen molar-refractivity contribution < 1.29 is 9.47 Å². The van der Waals surface area contributed by atoms with Gasteiger partial charge in [0.2, 0.25) is 0 Å². The van der Waals surface area contributed by atoms with E-state index in [0.29, 0.717) is 6.61 Å². The maximum absolute atomic E-state index is 5.83. The van der Waals surface area contributed by atoms with Crippen LogP contribution >= 0.6 is 0 Å². The summed E-state index contributed by atoms with van der Waals surface area (Å²) in [6.45, 7) is 9.59. The van der Waals surface area contributed by atoms with Crippen molar-refractivity contribution in [3.05, 3.63) is 12.7 Å². The Morgan fingerprint density at radius 2 is 1.35 bits per heavy atom. The van der Waals surface area contributed by atoms with Crippen molar-refractivity contribution >= 4 is 0 Å². The molecule has 0 unspecified atom stereocenters. The van der Waals surface area contributed by atoms with Crippen LogP contribution in [-0.2, 0) is 9.47 Å². The molecule has 134 valence electrons. The Bertz CT molecular complexity index is 299. The van der Waals surface area contributed by atoms with Crippen LogP contribution in [0.3, 0.4) is 0 Å². The van der Waals surface area contributed by atoms with Gasteiger partial charge in [0.05, 0.1) is 6.61 Å². The molecule has 2 aliphatic carbocycles. The molecule has 0 N–H and O–H groups in total. The molecule has 0 aromatic heterocycles. The number of hydrogen-bond acceptors (Lipinski definition) is 2. The number of unbranched alkanes of at least 4 members (excludes halogenated alkanes) is 1. The van der Waals surface area contributed by atoms with Gasteiger partial charge in [0.1, 0.15) is 0 Å². The summed E-state index contributed by atoms with van der Waals surface area (Å²) >= 11 is 0. The third kappa shape index (κ3) is 6.97. The van der Waals surface area contributed by atoms with Crippen molar-refractivity contribution in [1.29, 1.82) is 0 Å². The lowest BCUT2D eigenvalue weighted by atomic mass is 9.69. The first-order valence-corrected chi connectivity index (χ1v) is 10.1. The van der Waals surface area contributed by atoms with Crippen molar-refractivity contribution in [3.63, 3.8) is 0 Å². The Hall–Kier alpha value is -0.340. The van der Waals surface area contributed by atoms with Crippen LogP contribution in [0.5, 0.6) is 0 Å². The minimum Gasteiger partial charge on any atom is -0.381 e. The smallest absolute Gasteiger partial charge is 0.0644 e. The zero-order valence-corrected chi connectivity index (χ0v) is 15.3. The summed E-state index contributed by atoms with van der Waals surface area (Å²) in [6, 6.07) is 0. The third-order valence-corrected chi connectivity index (χ3v) is 6.03. The van der Waals surface area contributed by atoms with E-state index < -0.39 is 0 Å². The predicted molar refractivity (Wildman–Crippen MR) is 97.6 cm³/mol. The van der Waals surface area contributed by atoms with Crippen LogP contribution in [0.25, 0.3) is 0 Å². The van der Waals surface area contributed by atoms with Gasteiger partial charge in [-0.15, -0.1) is 6.58 Å². The third-order valence-electron chi connectivity index (χ3n) is 6.03. The normalized spacial score (nSPS) is 31.9. The Labute approximate surface area is 144 Å². The van der Waals surface area contributed by atoms with Gasteiger partial charge in [0, 0.05) is 19.8 Å². The van der Waals surface area contributed by atoms with Crippen molar-refractivity contribution in [2.75, 3.05) is 26.4 Å². The summed E-state index contributed by atoms with van der Waals surface area (Å²) in [7, 11) is 0. The molecule has 0 aromatic rings. The average molecular weight is 323 g/mol. The van der Waals surface area contributed by atoms with Crippen LogP contribution in [0.2, 0.25) is 0 Å². The van der Waals surface area contributed by atoms with Gasteiger partial charge in [-0.1, -0.05) is 19.4 Å². The standard InChI is InChI=1S/C21H38O2/c1-3-5-15-23-17-19-8-12-21(13-9-19)20-10-6-18(7-11-20)16-22-14-4-2/h4,18-21H,2-3,5-17H2,1H3/t18-,19-,20-,21-. The maximum atomic E-state index is 5.83. The zero-order chi connectivity index (χ0) is 16.3. The number of rotatable bonds is 10.